The minimum absolute atomic E-state index is 0.186. The minimum Gasteiger partial charge on any atom is -0.389 e. The Labute approximate surface area is 108 Å². The van der Waals surface area contributed by atoms with Crippen LogP contribution < -0.4 is 5.32 Å². The summed E-state index contributed by atoms with van der Waals surface area (Å²) in [6, 6.07) is 7.26. The first-order chi connectivity index (χ1) is 7.63. The van der Waals surface area contributed by atoms with E-state index in [0.29, 0.717) is 5.56 Å². The second-order valence-corrected chi connectivity index (χ2v) is 4.58. The van der Waals surface area contributed by atoms with E-state index in [9.17, 15) is 9.90 Å². The topological polar surface area (TPSA) is 58.6 Å². The second-order valence-electron chi connectivity index (χ2n) is 3.33. The fourth-order valence-corrected chi connectivity index (χ4v) is 1.74. The molecule has 0 saturated heterocycles. The smallest absolute Gasteiger partial charge is 0.251 e. The average molecular weight is 335 g/mol. The van der Waals surface area contributed by atoms with Gasteiger partial charge in [0.15, 0.2) is 0 Å². The van der Waals surface area contributed by atoms with Crippen molar-refractivity contribution in [1.29, 1.82) is 0 Å². The predicted molar refractivity (Wildman–Crippen MR) is 69.4 cm³/mol. The van der Waals surface area contributed by atoms with Crippen molar-refractivity contribution >= 4 is 28.5 Å². The highest BCUT2D eigenvalue weighted by molar-refractivity contribution is 14.1. The maximum atomic E-state index is 11.6. The number of nitrogens with one attached hydrogen (secondary N) is 1. The van der Waals surface area contributed by atoms with Gasteiger partial charge in [0.1, 0.15) is 0 Å². The van der Waals surface area contributed by atoms with E-state index in [4.69, 9.17) is 4.74 Å². The molecule has 0 aromatic heterocycles. The number of halogens is 1. The molecule has 1 unspecified atom stereocenters. The Morgan fingerprint density at radius 3 is 3.00 bits per heavy atom. The normalized spacial score (nSPS) is 12.2. The largest absolute Gasteiger partial charge is 0.389 e. The monoisotopic (exact) mass is 335 g/mol. The second kappa shape index (κ2) is 6.82. The van der Waals surface area contributed by atoms with E-state index in [0.717, 1.165) is 3.57 Å². The van der Waals surface area contributed by atoms with Gasteiger partial charge in [0.2, 0.25) is 0 Å². The molecule has 4 nitrogen and oxygen atoms in total. The molecule has 1 amide bonds. The predicted octanol–water partition coefficient (Wildman–Crippen LogP) is 1.03. The summed E-state index contributed by atoms with van der Waals surface area (Å²) < 4.78 is 5.76. The van der Waals surface area contributed by atoms with Gasteiger partial charge in [-0.3, -0.25) is 4.79 Å². The van der Waals surface area contributed by atoms with Crippen LogP contribution in [0.5, 0.6) is 0 Å². The van der Waals surface area contributed by atoms with E-state index in [-0.39, 0.29) is 19.1 Å². The number of carbonyl (C=O) groups is 1. The molecule has 88 valence electrons. The Hall–Kier alpha value is -0.660. The van der Waals surface area contributed by atoms with Crippen LogP contribution in [0.4, 0.5) is 0 Å². The van der Waals surface area contributed by atoms with Crippen molar-refractivity contribution in [3.05, 3.63) is 33.4 Å². The lowest BCUT2D eigenvalue weighted by atomic mass is 10.2. The fourth-order valence-electron chi connectivity index (χ4n) is 1.19. The summed E-state index contributed by atoms with van der Waals surface area (Å²) in [6.07, 6.45) is -0.670. The summed E-state index contributed by atoms with van der Waals surface area (Å²) in [5, 5.41) is 12.0. The van der Waals surface area contributed by atoms with Crippen LogP contribution in [0.25, 0.3) is 0 Å². The summed E-state index contributed by atoms with van der Waals surface area (Å²) in [6.45, 7) is 0.407. The Morgan fingerprint density at radius 1 is 1.62 bits per heavy atom. The van der Waals surface area contributed by atoms with E-state index in [2.05, 4.69) is 27.9 Å². The number of rotatable bonds is 5. The molecule has 0 bridgehead atoms. The summed E-state index contributed by atoms with van der Waals surface area (Å²) in [5.41, 5.74) is 0.594. The number of ether oxygens (including phenoxy) is 1. The van der Waals surface area contributed by atoms with Gasteiger partial charge in [0.05, 0.1) is 12.7 Å². The first-order valence-corrected chi connectivity index (χ1v) is 5.92. The highest BCUT2D eigenvalue weighted by Crippen LogP contribution is 2.07. The number of amides is 1. The van der Waals surface area contributed by atoms with Gasteiger partial charge in [-0.1, -0.05) is 6.07 Å². The number of aliphatic hydroxyl groups excluding tert-OH is 1. The number of carbonyl (C=O) groups excluding carboxylic acids is 1. The third-order valence-electron chi connectivity index (χ3n) is 1.94. The molecule has 1 aromatic rings. The van der Waals surface area contributed by atoms with E-state index < -0.39 is 6.10 Å². The van der Waals surface area contributed by atoms with Gasteiger partial charge in [-0.2, -0.15) is 0 Å². The van der Waals surface area contributed by atoms with Crippen molar-refractivity contribution in [1.82, 2.24) is 5.32 Å². The van der Waals surface area contributed by atoms with Gasteiger partial charge >= 0.3 is 0 Å². The summed E-state index contributed by atoms with van der Waals surface area (Å²) in [5.74, 6) is -0.186. The SMILES string of the molecule is COCC(O)CNC(=O)c1cccc(I)c1. The molecule has 0 aliphatic heterocycles. The molecule has 0 heterocycles. The molecule has 1 aromatic carbocycles. The molecule has 0 aliphatic rings. The maximum absolute atomic E-state index is 11.6. The van der Waals surface area contributed by atoms with Gasteiger partial charge in [-0.15, -0.1) is 0 Å². The first-order valence-electron chi connectivity index (χ1n) is 4.84. The molecule has 0 radical (unpaired) electrons. The Kier molecular flexibility index (Phi) is 5.72. The van der Waals surface area contributed by atoms with Crippen LogP contribution in [0.3, 0.4) is 0 Å². The van der Waals surface area contributed by atoms with Crippen LogP contribution in [0, 0.1) is 3.57 Å². The lowest BCUT2D eigenvalue weighted by Crippen LogP contribution is -2.34. The van der Waals surface area contributed by atoms with Crippen LogP contribution in [-0.2, 0) is 4.74 Å². The van der Waals surface area contributed by atoms with Crippen molar-refractivity contribution in [3.63, 3.8) is 0 Å². The first kappa shape index (κ1) is 13.4. The molecule has 0 saturated carbocycles. The summed E-state index contributed by atoms with van der Waals surface area (Å²) >= 11 is 2.14. The molecule has 2 N–H and O–H groups in total. The van der Waals surface area contributed by atoms with Gasteiger partial charge < -0.3 is 15.2 Å². The quantitative estimate of drug-likeness (QED) is 0.791. The maximum Gasteiger partial charge on any atom is 0.251 e. The van der Waals surface area contributed by atoms with Gasteiger partial charge in [0.25, 0.3) is 5.91 Å². The number of hydrogen-bond acceptors (Lipinski definition) is 3. The fraction of sp³-hybridized carbons (Fsp3) is 0.364. The zero-order valence-electron chi connectivity index (χ0n) is 8.94. The number of methoxy groups -OCH3 is 1. The lowest BCUT2D eigenvalue weighted by molar-refractivity contribution is 0.0610. The molecular weight excluding hydrogens is 321 g/mol. The third-order valence-corrected chi connectivity index (χ3v) is 2.62. The standard InChI is InChI=1S/C11H14INO3/c1-16-7-10(14)6-13-11(15)8-3-2-4-9(12)5-8/h2-5,10,14H,6-7H2,1H3,(H,13,15). The molecule has 1 rings (SSSR count). The van der Waals surface area contributed by atoms with Crippen LogP contribution in [0.2, 0.25) is 0 Å². The zero-order valence-corrected chi connectivity index (χ0v) is 11.1. The summed E-state index contributed by atoms with van der Waals surface area (Å²) in [4.78, 5) is 11.6. The third kappa shape index (κ3) is 4.46. The molecule has 1 atom stereocenters. The Morgan fingerprint density at radius 2 is 2.38 bits per heavy atom. The van der Waals surface area contributed by atoms with Crippen molar-refractivity contribution in [2.75, 3.05) is 20.3 Å². The molecule has 0 spiro atoms. The van der Waals surface area contributed by atoms with Crippen LogP contribution >= 0.6 is 22.6 Å². The van der Waals surface area contributed by atoms with Gasteiger partial charge in [-0.25, -0.2) is 0 Å². The summed E-state index contributed by atoms with van der Waals surface area (Å²) in [7, 11) is 1.50. The van der Waals surface area contributed by atoms with Gasteiger partial charge in [0, 0.05) is 22.8 Å². The van der Waals surface area contributed by atoms with E-state index in [1.165, 1.54) is 7.11 Å². The van der Waals surface area contributed by atoms with Crippen molar-refractivity contribution in [2.24, 2.45) is 0 Å². The van der Waals surface area contributed by atoms with Crippen LogP contribution in [-0.4, -0.2) is 37.4 Å². The zero-order chi connectivity index (χ0) is 12.0. The Balaban J connectivity index is 2.47. The van der Waals surface area contributed by atoms with Crippen LogP contribution in [0.15, 0.2) is 24.3 Å². The number of hydrogen-bond donors (Lipinski definition) is 2. The van der Waals surface area contributed by atoms with Crippen molar-refractivity contribution < 1.29 is 14.6 Å². The molecule has 0 fully saturated rings. The molecular formula is C11H14INO3. The minimum atomic E-state index is -0.670. The average Bonchev–Trinajstić information content (AvgIpc) is 2.26. The highest BCUT2D eigenvalue weighted by atomic mass is 127. The van der Waals surface area contributed by atoms with E-state index in [1.54, 1.807) is 12.1 Å². The Bertz CT molecular complexity index is 357. The van der Waals surface area contributed by atoms with Gasteiger partial charge in [-0.05, 0) is 40.8 Å². The van der Waals surface area contributed by atoms with Crippen molar-refractivity contribution in [3.8, 4) is 0 Å². The molecule has 16 heavy (non-hydrogen) atoms. The lowest BCUT2D eigenvalue weighted by Gasteiger charge is -2.10. The number of benzene rings is 1. The van der Waals surface area contributed by atoms with E-state index in [1.807, 2.05) is 12.1 Å². The molecule has 0 aliphatic carbocycles. The molecule has 5 heteroatoms. The highest BCUT2D eigenvalue weighted by Gasteiger charge is 2.08. The van der Waals surface area contributed by atoms with Crippen molar-refractivity contribution in [2.45, 2.75) is 6.10 Å². The van der Waals surface area contributed by atoms with Crippen LogP contribution in [0.1, 0.15) is 10.4 Å². The van der Waals surface area contributed by atoms with E-state index >= 15 is 0 Å². The number of aliphatic hydroxyl groups is 1.